The van der Waals surface area contributed by atoms with Crippen LogP contribution in [0.5, 0.6) is 5.75 Å². The van der Waals surface area contributed by atoms with Crippen molar-refractivity contribution in [2.45, 2.75) is 39.7 Å². The summed E-state index contributed by atoms with van der Waals surface area (Å²) in [6.45, 7) is 5.55. The molecule has 0 spiro atoms. The lowest BCUT2D eigenvalue weighted by Crippen LogP contribution is -2.26. The van der Waals surface area contributed by atoms with Crippen LogP contribution in [0.15, 0.2) is 53.6 Å². The zero-order chi connectivity index (χ0) is 22.6. The van der Waals surface area contributed by atoms with Crippen LogP contribution in [0.2, 0.25) is 0 Å². The van der Waals surface area contributed by atoms with Crippen LogP contribution in [0.4, 0.5) is 5.69 Å². The fourth-order valence-electron chi connectivity index (χ4n) is 2.53. The van der Waals surface area contributed by atoms with Crippen LogP contribution in [-0.4, -0.2) is 36.7 Å². The lowest BCUT2D eigenvalue weighted by molar-refractivity contribution is -0.150. The first-order valence-electron chi connectivity index (χ1n) is 9.99. The first-order chi connectivity index (χ1) is 14.9. The van der Waals surface area contributed by atoms with E-state index in [0.29, 0.717) is 12.4 Å². The number of esters is 1. The average molecular weight is 425 g/mol. The van der Waals surface area contributed by atoms with E-state index in [1.165, 1.54) is 6.21 Å². The van der Waals surface area contributed by atoms with Gasteiger partial charge in [0.25, 0.3) is 0 Å². The molecule has 8 heteroatoms. The second kappa shape index (κ2) is 12.1. The first kappa shape index (κ1) is 23.6. The Bertz CT molecular complexity index is 925. The molecule has 0 aliphatic rings. The minimum Gasteiger partial charge on any atom is -0.479 e. The number of ether oxygens (including phenoxy) is 2. The molecule has 1 unspecified atom stereocenters. The van der Waals surface area contributed by atoms with Crippen LogP contribution in [0.25, 0.3) is 0 Å². The summed E-state index contributed by atoms with van der Waals surface area (Å²) in [6.07, 6.45) is 0.847. The number of hydrogen-bond acceptors (Lipinski definition) is 6. The maximum absolute atomic E-state index is 12.0. The van der Waals surface area contributed by atoms with E-state index in [1.807, 2.05) is 31.2 Å². The van der Waals surface area contributed by atoms with Gasteiger partial charge in [-0.15, -0.1) is 0 Å². The van der Waals surface area contributed by atoms with E-state index in [0.717, 1.165) is 16.8 Å². The van der Waals surface area contributed by atoms with Crippen molar-refractivity contribution in [2.24, 2.45) is 5.10 Å². The number of hydrogen-bond donors (Lipinski definition) is 2. The molecule has 0 bridgehead atoms. The third-order valence-electron chi connectivity index (χ3n) is 4.21. The molecule has 0 aliphatic heterocycles. The van der Waals surface area contributed by atoms with Gasteiger partial charge in [-0.2, -0.15) is 5.10 Å². The van der Waals surface area contributed by atoms with Crippen LogP contribution in [0, 0.1) is 6.92 Å². The predicted molar refractivity (Wildman–Crippen MR) is 118 cm³/mol. The quantitative estimate of drug-likeness (QED) is 0.345. The number of anilines is 1. The van der Waals surface area contributed by atoms with Gasteiger partial charge in [-0.25, -0.2) is 10.2 Å². The monoisotopic (exact) mass is 425 g/mol. The number of rotatable bonds is 10. The zero-order valence-corrected chi connectivity index (χ0v) is 17.9. The van der Waals surface area contributed by atoms with Crippen molar-refractivity contribution in [2.75, 3.05) is 11.9 Å². The standard InChI is InChI=1S/C23H27N3O5/c1-4-30-23(29)17(3)31-19-11-9-18(10-12-19)15-24-26-22(28)14-13-21(27)25-20-8-6-5-7-16(20)2/h5-12,15,17H,4,13-14H2,1-3H3,(H,25,27)(H,26,28). The molecular weight excluding hydrogens is 398 g/mol. The van der Waals surface area contributed by atoms with Crippen LogP contribution in [-0.2, 0) is 19.1 Å². The molecule has 0 aromatic heterocycles. The van der Waals surface area contributed by atoms with Crippen molar-refractivity contribution in [3.05, 3.63) is 59.7 Å². The van der Waals surface area contributed by atoms with Gasteiger partial charge in [0, 0.05) is 18.5 Å². The molecule has 164 valence electrons. The van der Waals surface area contributed by atoms with E-state index in [9.17, 15) is 14.4 Å². The van der Waals surface area contributed by atoms with Crippen LogP contribution >= 0.6 is 0 Å². The van der Waals surface area contributed by atoms with Gasteiger partial charge in [-0.05, 0) is 62.2 Å². The Labute approximate surface area is 181 Å². The molecule has 0 saturated carbocycles. The number of aryl methyl sites for hydroxylation is 1. The van der Waals surface area contributed by atoms with Crippen molar-refractivity contribution in [3.63, 3.8) is 0 Å². The topological polar surface area (TPSA) is 106 Å². The SMILES string of the molecule is CCOC(=O)C(C)Oc1ccc(C=NNC(=O)CCC(=O)Nc2ccccc2C)cc1. The fourth-order valence-corrected chi connectivity index (χ4v) is 2.53. The largest absolute Gasteiger partial charge is 0.479 e. The molecule has 2 aromatic carbocycles. The Morgan fingerprint density at radius 2 is 1.71 bits per heavy atom. The zero-order valence-electron chi connectivity index (χ0n) is 17.9. The third kappa shape index (κ3) is 8.30. The Balaban J connectivity index is 1.73. The molecule has 0 heterocycles. The van der Waals surface area contributed by atoms with Gasteiger partial charge in [-0.3, -0.25) is 9.59 Å². The highest BCUT2D eigenvalue weighted by Crippen LogP contribution is 2.14. The Kier molecular flexibility index (Phi) is 9.22. The summed E-state index contributed by atoms with van der Waals surface area (Å²) in [5.74, 6) is -0.509. The van der Waals surface area contributed by atoms with Crippen molar-refractivity contribution in [1.29, 1.82) is 0 Å². The highest BCUT2D eigenvalue weighted by Gasteiger charge is 2.15. The van der Waals surface area contributed by atoms with E-state index in [4.69, 9.17) is 9.47 Å². The number of nitrogens with one attached hydrogen (secondary N) is 2. The first-order valence-corrected chi connectivity index (χ1v) is 9.99. The van der Waals surface area contributed by atoms with Crippen LogP contribution in [0.1, 0.15) is 37.8 Å². The summed E-state index contributed by atoms with van der Waals surface area (Å²) in [7, 11) is 0. The van der Waals surface area contributed by atoms with Crippen molar-refractivity contribution in [3.8, 4) is 5.75 Å². The number of carbonyl (C=O) groups excluding carboxylic acids is 3. The van der Waals surface area contributed by atoms with Crippen molar-refractivity contribution >= 4 is 29.7 Å². The molecule has 0 aliphatic carbocycles. The van der Waals surface area contributed by atoms with Crippen molar-refractivity contribution < 1.29 is 23.9 Å². The molecule has 2 rings (SSSR count). The molecule has 2 aromatic rings. The van der Waals surface area contributed by atoms with Gasteiger partial charge >= 0.3 is 5.97 Å². The number of nitrogens with zero attached hydrogens (tertiary/aromatic N) is 1. The Hall–Kier alpha value is -3.68. The third-order valence-corrected chi connectivity index (χ3v) is 4.21. The number of carbonyl (C=O) groups is 3. The summed E-state index contributed by atoms with van der Waals surface area (Å²) in [5, 5.41) is 6.67. The van der Waals surface area contributed by atoms with Crippen molar-refractivity contribution in [1.82, 2.24) is 5.43 Å². The van der Waals surface area contributed by atoms with Crippen LogP contribution < -0.4 is 15.5 Å². The minimum absolute atomic E-state index is 0.0214. The van der Waals surface area contributed by atoms with E-state index in [-0.39, 0.29) is 24.7 Å². The molecule has 31 heavy (non-hydrogen) atoms. The average Bonchev–Trinajstić information content (AvgIpc) is 2.75. The second-order valence-electron chi connectivity index (χ2n) is 6.74. The number of hydrazone groups is 1. The molecule has 2 amide bonds. The maximum atomic E-state index is 12.0. The van der Waals surface area contributed by atoms with E-state index in [2.05, 4.69) is 15.8 Å². The summed E-state index contributed by atoms with van der Waals surface area (Å²) >= 11 is 0. The minimum atomic E-state index is -0.707. The summed E-state index contributed by atoms with van der Waals surface area (Å²) in [5.41, 5.74) is 4.81. The second-order valence-corrected chi connectivity index (χ2v) is 6.74. The van der Waals surface area contributed by atoms with E-state index < -0.39 is 12.1 Å². The molecular formula is C23H27N3O5. The van der Waals surface area contributed by atoms with Gasteiger partial charge in [0.1, 0.15) is 5.75 Å². The summed E-state index contributed by atoms with van der Waals surface area (Å²) < 4.78 is 10.4. The molecule has 2 N–H and O–H groups in total. The van der Waals surface area contributed by atoms with Gasteiger partial charge in [0.2, 0.25) is 11.8 Å². The van der Waals surface area contributed by atoms with Gasteiger partial charge < -0.3 is 14.8 Å². The molecule has 8 nitrogen and oxygen atoms in total. The van der Waals surface area contributed by atoms with E-state index >= 15 is 0 Å². The molecule has 0 radical (unpaired) electrons. The lowest BCUT2D eigenvalue weighted by atomic mass is 10.2. The highest BCUT2D eigenvalue weighted by atomic mass is 16.6. The highest BCUT2D eigenvalue weighted by molar-refractivity contribution is 5.94. The number of para-hydroxylation sites is 1. The number of benzene rings is 2. The van der Waals surface area contributed by atoms with Gasteiger partial charge in [-0.1, -0.05) is 18.2 Å². The molecule has 1 atom stereocenters. The number of amides is 2. The lowest BCUT2D eigenvalue weighted by Gasteiger charge is -2.13. The summed E-state index contributed by atoms with van der Waals surface area (Å²) in [4.78, 5) is 35.4. The van der Waals surface area contributed by atoms with Gasteiger partial charge in [0.05, 0.1) is 12.8 Å². The normalized spacial score (nSPS) is 11.6. The fraction of sp³-hybridized carbons (Fsp3) is 0.304. The maximum Gasteiger partial charge on any atom is 0.347 e. The van der Waals surface area contributed by atoms with E-state index in [1.54, 1.807) is 38.1 Å². The summed E-state index contributed by atoms with van der Waals surface area (Å²) in [6, 6.07) is 14.3. The predicted octanol–water partition coefficient (Wildman–Crippen LogP) is 3.19. The smallest absolute Gasteiger partial charge is 0.347 e. The van der Waals surface area contributed by atoms with Crippen LogP contribution in [0.3, 0.4) is 0 Å². The molecule has 0 saturated heterocycles. The van der Waals surface area contributed by atoms with Gasteiger partial charge in [0.15, 0.2) is 6.10 Å². The molecule has 0 fully saturated rings. The Morgan fingerprint density at radius 1 is 1.03 bits per heavy atom. The Morgan fingerprint density at radius 3 is 2.39 bits per heavy atom.